The molecule has 0 bridgehead atoms. The molecule has 0 aliphatic heterocycles. The summed E-state index contributed by atoms with van der Waals surface area (Å²) in [6.07, 6.45) is 7.98. The molecule has 0 unspecified atom stereocenters. The maximum atomic E-state index is 12.2. The first kappa shape index (κ1) is 22.5. The number of ketones is 1. The minimum absolute atomic E-state index is 0. The molecule has 1 fully saturated rings. The molecule has 6 heteroatoms. The fourth-order valence-corrected chi connectivity index (χ4v) is 3.33. The maximum absolute atomic E-state index is 12.2. The van der Waals surface area contributed by atoms with E-state index in [-0.39, 0.29) is 30.5 Å². The molecule has 0 spiro atoms. The van der Waals surface area contributed by atoms with Gasteiger partial charge in [-0.05, 0) is 38.0 Å². The zero-order valence-electron chi connectivity index (χ0n) is 15.8. The highest BCUT2D eigenvalue weighted by atomic mass is 35.5. The second-order valence-electron chi connectivity index (χ2n) is 6.75. The van der Waals surface area contributed by atoms with Crippen LogP contribution in [0.4, 0.5) is 0 Å². The molecule has 1 aliphatic rings. The molecule has 1 saturated carbocycles. The normalized spacial score (nSPS) is 14.8. The van der Waals surface area contributed by atoms with Crippen LogP contribution in [0.3, 0.4) is 0 Å². The van der Waals surface area contributed by atoms with E-state index in [0.717, 1.165) is 12.1 Å². The van der Waals surface area contributed by atoms with Crippen LogP contribution in [0.5, 0.6) is 5.75 Å². The van der Waals surface area contributed by atoms with Crippen molar-refractivity contribution in [3.05, 3.63) is 29.3 Å². The Bertz CT molecular complexity index is 584. The average Bonchev–Trinajstić information content (AvgIpc) is 2.87. The van der Waals surface area contributed by atoms with Gasteiger partial charge in [-0.3, -0.25) is 9.59 Å². The van der Waals surface area contributed by atoms with Gasteiger partial charge in [0, 0.05) is 30.3 Å². The smallest absolute Gasteiger partial charge is 0.224 e. The van der Waals surface area contributed by atoms with Gasteiger partial charge in [-0.1, -0.05) is 25.7 Å². The molecule has 0 aromatic heterocycles. The molecule has 1 amide bonds. The Morgan fingerprint density at radius 1 is 1.12 bits per heavy atom. The van der Waals surface area contributed by atoms with E-state index in [1.54, 1.807) is 25.3 Å². The molecule has 2 N–H and O–H groups in total. The van der Waals surface area contributed by atoms with Crippen molar-refractivity contribution in [2.45, 2.75) is 57.9 Å². The van der Waals surface area contributed by atoms with Crippen molar-refractivity contribution in [3.63, 3.8) is 0 Å². The van der Waals surface area contributed by atoms with E-state index in [0.29, 0.717) is 23.9 Å². The van der Waals surface area contributed by atoms with E-state index < -0.39 is 0 Å². The fraction of sp³-hybridized carbons (Fsp3) is 0.600. The number of hydrogen-bond acceptors (Lipinski definition) is 4. The van der Waals surface area contributed by atoms with E-state index in [4.69, 9.17) is 4.74 Å². The Labute approximate surface area is 162 Å². The average molecular weight is 383 g/mol. The Morgan fingerprint density at radius 2 is 1.81 bits per heavy atom. The lowest BCUT2D eigenvalue weighted by Gasteiger charge is -2.16. The van der Waals surface area contributed by atoms with Gasteiger partial charge >= 0.3 is 0 Å². The van der Waals surface area contributed by atoms with Crippen molar-refractivity contribution in [3.8, 4) is 5.75 Å². The van der Waals surface area contributed by atoms with E-state index in [1.807, 2.05) is 0 Å². The Morgan fingerprint density at radius 3 is 2.42 bits per heavy atom. The molecule has 2 rings (SSSR count). The van der Waals surface area contributed by atoms with Gasteiger partial charge in [0.15, 0.2) is 5.78 Å². The summed E-state index contributed by atoms with van der Waals surface area (Å²) in [7, 11) is 1.57. The van der Waals surface area contributed by atoms with E-state index >= 15 is 0 Å². The topological polar surface area (TPSA) is 67.4 Å². The van der Waals surface area contributed by atoms with Crippen LogP contribution in [0.25, 0.3) is 0 Å². The highest BCUT2D eigenvalue weighted by Gasteiger charge is 2.13. The molecule has 0 radical (unpaired) electrons. The number of carbonyl (C=O) groups excluding carboxylic acids is 2. The molecule has 146 valence electrons. The van der Waals surface area contributed by atoms with Gasteiger partial charge in [0.25, 0.3) is 0 Å². The fourth-order valence-electron chi connectivity index (χ4n) is 3.33. The van der Waals surface area contributed by atoms with Crippen LogP contribution in [0, 0.1) is 0 Å². The van der Waals surface area contributed by atoms with Gasteiger partial charge in [-0.2, -0.15) is 0 Å². The molecule has 0 heterocycles. The van der Waals surface area contributed by atoms with Crippen molar-refractivity contribution in [2.24, 2.45) is 0 Å². The zero-order valence-corrected chi connectivity index (χ0v) is 16.6. The lowest BCUT2D eigenvalue weighted by atomic mass is 10.0. The Kier molecular flexibility index (Phi) is 10.3. The highest BCUT2D eigenvalue weighted by Crippen LogP contribution is 2.21. The number of carbonyl (C=O) groups is 2. The number of hydrogen-bond donors (Lipinski definition) is 2. The first-order chi connectivity index (χ1) is 12.1. The third-order valence-corrected chi connectivity index (χ3v) is 4.77. The minimum Gasteiger partial charge on any atom is -0.496 e. The van der Waals surface area contributed by atoms with E-state index in [2.05, 4.69) is 10.6 Å². The summed E-state index contributed by atoms with van der Waals surface area (Å²) >= 11 is 0. The number of ether oxygens (including phenoxy) is 1. The first-order valence-corrected chi connectivity index (χ1v) is 9.28. The molecule has 0 saturated heterocycles. The molecular formula is C20H31ClN2O3. The maximum Gasteiger partial charge on any atom is 0.224 e. The lowest BCUT2D eigenvalue weighted by molar-refractivity contribution is -0.120. The number of nitrogens with one attached hydrogen (secondary N) is 2. The van der Waals surface area contributed by atoms with Crippen LogP contribution < -0.4 is 15.4 Å². The van der Waals surface area contributed by atoms with Crippen molar-refractivity contribution in [1.29, 1.82) is 0 Å². The number of halogens is 1. The largest absolute Gasteiger partial charge is 0.496 e. The molecule has 0 atom stereocenters. The molecule has 1 aliphatic carbocycles. The number of rotatable bonds is 8. The third-order valence-electron chi connectivity index (χ3n) is 4.77. The molecule has 1 aromatic rings. The number of benzene rings is 1. The van der Waals surface area contributed by atoms with Gasteiger partial charge in [0.05, 0.1) is 13.5 Å². The first-order valence-electron chi connectivity index (χ1n) is 9.28. The summed E-state index contributed by atoms with van der Waals surface area (Å²) in [5, 5.41) is 6.49. The second kappa shape index (κ2) is 11.9. The second-order valence-corrected chi connectivity index (χ2v) is 6.75. The summed E-state index contributed by atoms with van der Waals surface area (Å²) in [4.78, 5) is 23.7. The zero-order chi connectivity index (χ0) is 18.1. The predicted molar refractivity (Wildman–Crippen MR) is 106 cm³/mol. The van der Waals surface area contributed by atoms with Gasteiger partial charge in [0.1, 0.15) is 5.75 Å². The van der Waals surface area contributed by atoms with Crippen LogP contribution in [-0.4, -0.2) is 37.9 Å². The van der Waals surface area contributed by atoms with Gasteiger partial charge in [-0.15, -0.1) is 12.4 Å². The van der Waals surface area contributed by atoms with Gasteiger partial charge in [-0.25, -0.2) is 0 Å². The van der Waals surface area contributed by atoms with Crippen LogP contribution in [-0.2, 0) is 11.2 Å². The lowest BCUT2D eigenvalue weighted by Crippen LogP contribution is -2.37. The van der Waals surface area contributed by atoms with Gasteiger partial charge in [0.2, 0.25) is 5.91 Å². The molecular weight excluding hydrogens is 352 g/mol. The molecule has 26 heavy (non-hydrogen) atoms. The van der Waals surface area contributed by atoms with E-state index in [1.165, 1.54) is 45.4 Å². The third kappa shape index (κ3) is 7.34. The van der Waals surface area contributed by atoms with Crippen molar-refractivity contribution >= 4 is 24.1 Å². The number of methoxy groups -OCH3 is 1. The standard InChI is InChI=1S/C20H30N2O3.ClH/c1-15(23)16-9-10-19(25-2)17(13-16)14-20(24)22-12-11-21-18-7-5-3-4-6-8-18;/h9-10,13,18,21H,3-8,11-12,14H2,1-2H3,(H,22,24);1H. The van der Waals surface area contributed by atoms with Crippen LogP contribution >= 0.6 is 12.4 Å². The van der Waals surface area contributed by atoms with Crippen LogP contribution in [0.1, 0.15) is 61.4 Å². The monoisotopic (exact) mass is 382 g/mol. The van der Waals surface area contributed by atoms with Crippen LogP contribution in [0.15, 0.2) is 18.2 Å². The molecule has 1 aromatic carbocycles. The Balaban J connectivity index is 0.00000338. The summed E-state index contributed by atoms with van der Waals surface area (Å²) in [6.45, 7) is 2.93. The Hall–Kier alpha value is -1.59. The number of Topliss-reactive ketones (excluding diaryl/α,β-unsaturated/α-hetero) is 1. The van der Waals surface area contributed by atoms with Gasteiger partial charge < -0.3 is 15.4 Å². The van der Waals surface area contributed by atoms with E-state index in [9.17, 15) is 9.59 Å². The summed E-state index contributed by atoms with van der Waals surface area (Å²) in [6, 6.07) is 5.79. The van der Waals surface area contributed by atoms with Crippen molar-refractivity contribution < 1.29 is 14.3 Å². The minimum atomic E-state index is -0.0540. The highest BCUT2D eigenvalue weighted by molar-refractivity contribution is 5.94. The SMILES string of the molecule is COc1ccc(C(C)=O)cc1CC(=O)NCCNC1CCCCCC1.Cl. The summed E-state index contributed by atoms with van der Waals surface area (Å²) in [5.41, 5.74) is 1.34. The van der Waals surface area contributed by atoms with Crippen molar-refractivity contribution in [1.82, 2.24) is 10.6 Å². The van der Waals surface area contributed by atoms with Crippen LogP contribution in [0.2, 0.25) is 0 Å². The summed E-state index contributed by atoms with van der Waals surface area (Å²) in [5.74, 6) is 0.565. The van der Waals surface area contributed by atoms with Crippen molar-refractivity contribution in [2.75, 3.05) is 20.2 Å². The molecule has 5 nitrogen and oxygen atoms in total. The predicted octanol–water partition coefficient (Wildman–Crippen LogP) is 3.29. The summed E-state index contributed by atoms with van der Waals surface area (Å²) < 4.78 is 5.29. The quantitative estimate of drug-likeness (QED) is 0.411. The number of amides is 1.